The predicted molar refractivity (Wildman–Crippen MR) is 85.0 cm³/mol. The summed E-state index contributed by atoms with van der Waals surface area (Å²) in [5.41, 5.74) is -0.852. The first-order valence-corrected chi connectivity index (χ1v) is 7.64. The summed E-state index contributed by atoms with van der Waals surface area (Å²) < 4.78 is 26.7. The zero-order valence-electron chi connectivity index (χ0n) is 13.8. The van der Waals surface area contributed by atoms with Crippen molar-refractivity contribution < 1.29 is 18.8 Å². The minimum Gasteiger partial charge on any atom is -0.399 e. The van der Waals surface area contributed by atoms with Gasteiger partial charge in [-0.05, 0) is 40.7 Å². The van der Waals surface area contributed by atoms with Gasteiger partial charge in [-0.15, -0.1) is 0 Å². The van der Waals surface area contributed by atoms with Crippen LogP contribution in [0.4, 0.5) is 10.1 Å². The number of benzene rings is 1. The van der Waals surface area contributed by atoms with Crippen molar-refractivity contribution in [1.82, 2.24) is 0 Å². The molecular weight excluding hydrogens is 284 g/mol. The van der Waals surface area contributed by atoms with E-state index >= 15 is 0 Å². The van der Waals surface area contributed by atoms with E-state index < -0.39 is 23.9 Å². The fourth-order valence-electron chi connectivity index (χ4n) is 2.88. The standard InChI is InChI=1S/C16H23BFNO3/c1-14(2)15(3,4)22-17(21-14)11-7-6-8-12(13(11)18)19-9-16(5,20)10-19/h6-8,20H,9-10H2,1-5H3. The predicted octanol–water partition coefficient (Wildman–Crippen LogP) is 1.70. The Hall–Kier alpha value is -1.11. The van der Waals surface area contributed by atoms with E-state index in [0.29, 0.717) is 24.2 Å². The van der Waals surface area contributed by atoms with Crippen LogP contribution in [0.3, 0.4) is 0 Å². The molecule has 0 atom stereocenters. The van der Waals surface area contributed by atoms with E-state index in [0.717, 1.165) is 0 Å². The molecule has 1 aromatic rings. The lowest BCUT2D eigenvalue weighted by atomic mass is 9.78. The van der Waals surface area contributed by atoms with Crippen molar-refractivity contribution in [3.05, 3.63) is 24.0 Å². The molecule has 1 aromatic carbocycles. The SMILES string of the molecule is CC1(O)CN(c2cccc(B3OC(C)(C)C(C)(C)O3)c2F)C1. The Morgan fingerprint density at radius 3 is 2.14 bits per heavy atom. The summed E-state index contributed by atoms with van der Waals surface area (Å²) in [6.45, 7) is 10.4. The van der Waals surface area contributed by atoms with E-state index in [9.17, 15) is 9.50 Å². The summed E-state index contributed by atoms with van der Waals surface area (Å²) in [4.78, 5) is 1.82. The van der Waals surface area contributed by atoms with Crippen LogP contribution in [0.2, 0.25) is 0 Å². The van der Waals surface area contributed by atoms with Gasteiger partial charge in [-0.25, -0.2) is 4.39 Å². The molecule has 0 saturated carbocycles. The minimum absolute atomic E-state index is 0.337. The van der Waals surface area contributed by atoms with Crippen molar-refractivity contribution in [1.29, 1.82) is 0 Å². The van der Waals surface area contributed by atoms with Gasteiger partial charge in [0.05, 0.1) is 22.5 Å². The Balaban J connectivity index is 1.88. The molecule has 1 N–H and O–H groups in total. The molecule has 0 spiro atoms. The average molecular weight is 307 g/mol. The molecule has 6 heteroatoms. The summed E-state index contributed by atoms with van der Waals surface area (Å²) >= 11 is 0. The lowest BCUT2D eigenvalue weighted by molar-refractivity contribution is 0.00578. The van der Waals surface area contributed by atoms with Gasteiger partial charge in [0.15, 0.2) is 0 Å². The van der Waals surface area contributed by atoms with E-state index in [1.807, 2.05) is 32.6 Å². The summed E-state index contributed by atoms with van der Waals surface area (Å²) in [7, 11) is -0.716. The largest absolute Gasteiger partial charge is 0.497 e. The Morgan fingerprint density at radius 2 is 1.64 bits per heavy atom. The quantitative estimate of drug-likeness (QED) is 0.845. The van der Waals surface area contributed by atoms with E-state index in [1.165, 1.54) is 0 Å². The third kappa shape index (κ3) is 2.43. The van der Waals surface area contributed by atoms with Crippen LogP contribution in [0.5, 0.6) is 0 Å². The average Bonchev–Trinajstić information content (AvgIpc) is 2.55. The van der Waals surface area contributed by atoms with Gasteiger partial charge in [0.1, 0.15) is 5.82 Å². The van der Waals surface area contributed by atoms with Crippen molar-refractivity contribution in [3.63, 3.8) is 0 Å². The van der Waals surface area contributed by atoms with Crippen LogP contribution in [0, 0.1) is 5.82 Å². The molecule has 0 bridgehead atoms. The molecule has 0 aromatic heterocycles. The third-order valence-corrected chi connectivity index (χ3v) is 4.92. The molecule has 22 heavy (non-hydrogen) atoms. The maximum Gasteiger partial charge on any atom is 0.497 e. The minimum atomic E-state index is -0.743. The van der Waals surface area contributed by atoms with Gasteiger partial charge < -0.3 is 19.3 Å². The van der Waals surface area contributed by atoms with Gasteiger partial charge in [-0.3, -0.25) is 0 Å². The number of β-amino-alcohol motifs (C(OH)–C–C–N with tert-alkyl or cyclic N) is 1. The Morgan fingerprint density at radius 1 is 1.09 bits per heavy atom. The monoisotopic (exact) mass is 307 g/mol. The van der Waals surface area contributed by atoms with Crippen molar-refractivity contribution in [2.24, 2.45) is 0 Å². The van der Waals surface area contributed by atoms with Gasteiger partial charge in [0, 0.05) is 18.6 Å². The highest BCUT2D eigenvalue weighted by atomic mass is 19.1. The van der Waals surface area contributed by atoms with Crippen LogP contribution >= 0.6 is 0 Å². The topological polar surface area (TPSA) is 41.9 Å². The van der Waals surface area contributed by atoms with Crippen LogP contribution < -0.4 is 10.4 Å². The molecule has 0 amide bonds. The van der Waals surface area contributed by atoms with Crippen molar-refractivity contribution in [3.8, 4) is 0 Å². The lowest BCUT2D eigenvalue weighted by Gasteiger charge is -2.46. The first-order chi connectivity index (χ1) is 10.0. The van der Waals surface area contributed by atoms with Gasteiger partial charge in [-0.1, -0.05) is 12.1 Å². The number of nitrogens with zero attached hydrogens (tertiary/aromatic N) is 1. The second kappa shape index (κ2) is 4.70. The van der Waals surface area contributed by atoms with Crippen LogP contribution in [-0.2, 0) is 9.31 Å². The molecule has 2 saturated heterocycles. The molecule has 0 aliphatic carbocycles. The van der Waals surface area contributed by atoms with Gasteiger partial charge in [-0.2, -0.15) is 0 Å². The molecular formula is C16H23BFNO3. The Kier molecular flexibility index (Phi) is 3.37. The second-order valence-electron chi connectivity index (χ2n) is 7.62. The van der Waals surface area contributed by atoms with Gasteiger partial charge in [0.2, 0.25) is 0 Å². The number of anilines is 1. The molecule has 2 aliphatic rings. The first-order valence-electron chi connectivity index (χ1n) is 7.64. The molecule has 0 radical (unpaired) electrons. The normalized spacial score (nSPS) is 25.2. The van der Waals surface area contributed by atoms with Crippen molar-refractivity contribution in [2.45, 2.75) is 51.4 Å². The molecule has 3 rings (SSSR count). The van der Waals surface area contributed by atoms with Crippen molar-refractivity contribution >= 4 is 18.3 Å². The number of aliphatic hydroxyl groups is 1. The smallest absolute Gasteiger partial charge is 0.399 e. The van der Waals surface area contributed by atoms with Crippen LogP contribution in [0.15, 0.2) is 18.2 Å². The molecule has 2 heterocycles. The molecule has 2 aliphatic heterocycles. The van der Waals surface area contributed by atoms with Crippen LogP contribution in [-0.4, -0.2) is 42.1 Å². The summed E-state index contributed by atoms with van der Waals surface area (Å²) in [5.74, 6) is -0.337. The first kappa shape index (κ1) is 15.8. The maximum absolute atomic E-state index is 14.9. The number of hydrogen-bond donors (Lipinski definition) is 1. The van der Waals surface area contributed by atoms with Crippen molar-refractivity contribution in [2.75, 3.05) is 18.0 Å². The molecule has 120 valence electrons. The van der Waals surface area contributed by atoms with E-state index in [4.69, 9.17) is 9.31 Å². The second-order valence-corrected chi connectivity index (χ2v) is 7.62. The highest BCUT2D eigenvalue weighted by Crippen LogP contribution is 2.37. The molecule has 2 fully saturated rings. The lowest BCUT2D eigenvalue weighted by Crippen LogP contribution is -2.60. The van der Waals surface area contributed by atoms with E-state index in [1.54, 1.807) is 25.1 Å². The third-order valence-electron chi connectivity index (χ3n) is 4.92. The highest BCUT2D eigenvalue weighted by Gasteiger charge is 2.52. The van der Waals surface area contributed by atoms with Gasteiger partial charge >= 0.3 is 7.12 Å². The maximum atomic E-state index is 14.9. The van der Waals surface area contributed by atoms with Crippen LogP contribution in [0.25, 0.3) is 0 Å². The molecule has 0 unspecified atom stereocenters. The Bertz CT molecular complexity index is 579. The number of halogens is 1. The fraction of sp³-hybridized carbons (Fsp3) is 0.625. The summed E-state index contributed by atoms with van der Waals surface area (Å²) in [6, 6.07) is 5.21. The zero-order chi connectivity index (χ0) is 16.3. The summed E-state index contributed by atoms with van der Waals surface area (Å²) in [5, 5.41) is 9.84. The zero-order valence-corrected chi connectivity index (χ0v) is 13.8. The van der Waals surface area contributed by atoms with E-state index in [2.05, 4.69) is 0 Å². The Labute approximate surface area is 131 Å². The number of rotatable bonds is 2. The molecule has 4 nitrogen and oxygen atoms in total. The van der Waals surface area contributed by atoms with Crippen LogP contribution in [0.1, 0.15) is 34.6 Å². The van der Waals surface area contributed by atoms with E-state index in [-0.39, 0.29) is 5.82 Å². The highest BCUT2D eigenvalue weighted by molar-refractivity contribution is 6.62. The number of hydrogen-bond acceptors (Lipinski definition) is 4. The summed E-state index contributed by atoms with van der Waals surface area (Å²) in [6.07, 6.45) is 0. The van der Waals surface area contributed by atoms with Gasteiger partial charge in [0.25, 0.3) is 0 Å². The fourth-order valence-corrected chi connectivity index (χ4v) is 2.88.